The van der Waals surface area contributed by atoms with Crippen LogP contribution in [0.5, 0.6) is 0 Å². The van der Waals surface area contributed by atoms with Gasteiger partial charge in [-0.2, -0.15) is 0 Å². The molecule has 0 radical (unpaired) electrons. The predicted molar refractivity (Wildman–Crippen MR) is 48.3 cm³/mol. The van der Waals surface area contributed by atoms with Gasteiger partial charge in [-0.3, -0.25) is 0 Å². The molecule has 0 aromatic heterocycles. The molecule has 1 nitrogen and oxygen atoms in total. The lowest BCUT2D eigenvalue weighted by atomic mass is 10.1. The Kier molecular flexibility index (Phi) is 6.62. The van der Waals surface area contributed by atoms with Crippen LogP contribution in [-0.2, 0) is 0 Å². The number of rotatable bonds is 2. The van der Waals surface area contributed by atoms with Crippen molar-refractivity contribution in [3.05, 3.63) is 12.7 Å². The lowest BCUT2D eigenvalue weighted by Gasteiger charge is -2.18. The zero-order valence-corrected chi connectivity index (χ0v) is 8.11. The first-order valence-corrected chi connectivity index (χ1v) is 2.92. The predicted octanol–water partition coefficient (Wildman–Crippen LogP) is 2.14. The van der Waals surface area contributed by atoms with Gasteiger partial charge in [-0.1, -0.05) is 6.08 Å². The molecule has 0 aliphatic heterocycles. The standard InChI is InChI=1S/C7H15N.BrH/c1-5-6-8-7(2,3)4;/h5,8H,1,6H2,2-4H3;1H. The monoisotopic (exact) mass is 193 g/mol. The molecule has 0 bridgehead atoms. The first-order valence-electron chi connectivity index (χ1n) is 2.92. The molecule has 0 aromatic carbocycles. The molecule has 0 rings (SSSR count). The molecule has 0 spiro atoms. The van der Waals surface area contributed by atoms with Crippen molar-refractivity contribution in [2.24, 2.45) is 0 Å². The van der Waals surface area contributed by atoms with E-state index in [1.54, 1.807) is 0 Å². The zero-order chi connectivity index (χ0) is 6.62. The maximum Gasteiger partial charge on any atom is 0.0137 e. The largest absolute Gasteiger partial charge is 0.309 e. The van der Waals surface area contributed by atoms with Gasteiger partial charge in [-0.15, -0.1) is 23.6 Å². The second kappa shape index (κ2) is 5.00. The van der Waals surface area contributed by atoms with Gasteiger partial charge in [0.1, 0.15) is 0 Å². The van der Waals surface area contributed by atoms with Crippen LogP contribution in [0.2, 0.25) is 0 Å². The van der Waals surface area contributed by atoms with E-state index in [4.69, 9.17) is 0 Å². The molecule has 2 heteroatoms. The first kappa shape index (κ1) is 11.9. The zero-order valence-electron chi connectivity index (χ0n) is 6.40. The molecule has 0 fully saturated rings. The fourth-order valence-corrected chi connectivity index (χ4v) is 0.378. The summed E-state index contributed by atoms with van der Waals surface area (Å²) in [6, 6.07) is 0. The minimum Gasteiger partial charge on any atom is -0.309 e. The summed E-state index contributed by atoms with van der Waals surface area (Å²) in [7, 11) is 0. The third-order valence-corrected chi connectivity index (χ3v) is 0.777. The Morgan fingerprint density at radius 3 is 2.00 bits per heavy atom. The van der Waals surface area contributed by atoms with Gasteiger partial charge < -0.3 is 5.32 Å². The van der Waals surface area contributed by atoms with Crippen molar-refractivity contribution in [2.75, 3.05) is 6.54 Å². The normalized spacial score (nSPS) is 10.1. The van der Waals surface area contributed by atoms with Crippen LogP contribution in [0.4, 0.5) is 0 Å². The average Bonchev–Trinajstić information content (AvgIpc) is 1.59. The first-order chi connectivity index (χ1) is 3.56. The Balaban J connectivity index is 0. The summed E-state index contributed by atoms with van der Waals surface area (Å²) in [5.41, 5.74) is 0.230. The van der Waals surface area contributed by atoms with Crippen molar-refractivity contribution in [1.29, 1.82) is 0 Å². The highest BCUT2D eigenvalue weighted by Crippen LogP contribution is 1.96. The Morgan fingerprint density at radius 2 is 1.89 bits per heavy atom. The molecule has 0 aliphatic rings. The van der Waals surface area contributed by atoms with E-state index in [-0.39, 0.29) is 22.5 Å². The summed E-state index contributed by atoms with van der Waals surface area (Å²) >= 11 is 0. The lowest BCUT2D eigenvalue weighted by molar-refractivity contribution is 0.449. The van der Waals surface area contributed by atoms with Gasteiger partial charge in [0.2, 0.25) is 0 Å². The summed E-state index contributed by atoms with van der Waals surface area (Å²) in [5, 5.41) is 3.25. The number of halogens is 1. The fourth-order valence-electron chi connectivity index (χ4n) is 0.378. The van der Waals surface area contributed by atoms with Crippen molar-refractivity contribution in [3.8, 4) is 0 Å². The Hall–Kier alpha value is 0.180. The summed E-state index contributed by atoms with van der Waals surface area (Å²) in [5.74, 6) is 0. The molecule has 0 aliphatic carbocycles. The van der Waals surface area contributed by atoms with Gasteiger partial charge in [0.25, 0.3) is 0 Å². The SMILES string of the molecule is Br.C=CCNC(C)(C)C. The minimum absolute atomic E-state index is 0. The van der Waals surface area contributed by atoms with Crippen LogP contribution in [0.25, 0.3) is 0 Å². The third-order valence-electron chi connectivity index (χ3n) is 0.777. The second-order valence-corrected chi connectivity index (χ2v) is 2.92. The van der Waals surface area contributed by atoms with Crippen molar-refractivity contribution in [3.63, 3.8) is 0 Å². The smallest absolute Gasteiger partial charge is 0.0137 e. The van der Waals surface area contributed by atoms with Crippen LogP contribution in [0.15, 0.2) is 12.7 Å². The van der Waals surface area contributed by atoms with Gasteiger partial charge in [-0.25, -0.2) is 0 Å². The number of hydrogen-bond acceptors (Lipinski definition) is 1. The summed E-state index contributed by atoms with van der Waals surface area (Å²) < 4.78 is 0. The summed E-state index contributed by atoms with van der Waals surface area (Å²) in [6.07, 6.45) is 1.87. The van der Waals surface area contributed by atoms with Crippen molar-refractivity contribution < 1.29 is 0 Å². The topological polar surface area (TPSA) is 12.0 Å². The lowest BCUT2D eigenvalue weighted by Crippen LogP contribution is -2.35. The second-order valence-electron chi connectivity index (χ2n) is 2.92. The van der Waals surface area contributed by atoms with E-state index in [1.165, 1.54) is 0 Å². The van der Waals surface area contributed by atoms with Gasteiger partial charge in [0.15, 0.2) is 0 Å². The molecule has 0 saturated carbocycles. The van der Waals surface area contributed by atoms with Gasteiger partial charge in [-0.05, 0) is 20.8 Å². The molecule has 0 saturated heterocycles. The molecule has 0 atom stereocenters. The minimum atomic E-state index is 0. The molecular formula is C7H16BrN. The Morgan fingerprint density at radius 1 is 1.44 bits per heavy atom. The van der Waals surface area contributed by atoms with E-state index in [0.717, 1.165) is 6.54 Å². The number of hydrogen-bond donors (Lipinski definition) is 1. The highest BCUT2D eigenvalue weighted by atomic mass is 79.9. The molecular weight excluding hydrogens is 178 g/mol. The molecule has 0 amide bonds. The molecule has 9 heavy (non-hydrogen) atoms. The summed E-state index contributed by atoms with van der Waals surface area (Å²) in [4.78, 5) is 0. The van der Waals surface area contributed by atoms with Crippen molar-refractivity contribution in [2.45, 2.75) is 26.3 Å². The summed E-state index contributed by atoms with van der Waals surface area (Å²) in [6.45, 7) is 10.9. The van der Waals surface area contributed by atoms with Crippen LogP contribution in [-0.4, -0.2) is 12.1 Å². The van der Waals surface area contributed by atoms with Crippen LogP contribution >= 0.6 is 17.0 Å². The van der Waals surface area contributed by atoms with E-state index in [2.05, 4.69) is 32.7 Å². The van der Waals surface area contributed by atoms with E-state index < -0.39 is 0 Å². The van der Waals surface area contributed by atoms with Gasteiger partial charge in [0, 0.05) is 12.1 Å². The van der Waals surface area contributed by atoms with E-state index in [9.17, 15) is 0 Å². The molecule has 0 heterocycles. The van der Waals surface area contributed by atoms with Crippen LogP contribution in [0.1, 0.15) is 20.8 Å². The van der Waals surface area contributed by atoms with E-state index in [0.29, 0.717) is 0 Å². The van der Waals surface area contributed by atoms with E-state index in [1.807, 2.05) is 6.08 Å². The van der Waals surface area contributed by atoms with Crippen LogP contribution < -0.4 is 5.32 Å². The molecule has 56 valence electrons. The number of nitrogens with one attached hydrogen (secondary N) is 1. The quantitative estimate of drug-likeness (QED) is 0.664. The molecule has 1 N–H and O–H groups in total. The van der Waals surface area contributed by atoms with Crippen LogP contribution in [0.3, 0.4) is 0 Å². The van der Waals surface area contributed by atoms with Crippen molar-refractivity contribution in [1.82, 2.24) is 5.32 Å². The fraction of sp³-hybridized carbons (Fsp3) is 0.714. The maximum atomic E-state index is 3.60. The van der Waals surface area contributed by atoms with E-state index >= 15 is 0 Å². The van der Waals surface area contributed by atoms with Crippen molar-refractivity contribution >= 4 is 17.0 Å². The van der Waals surface area contributed by atoms with Gasteiger partial charge in [0.05, 0.1) is 0 Å². The maximum absolute atomic E-state index is 3.60. The molecule has 0 unspecified atom stereocenters. The Labute approximate surface area is 68.3 Å². The Bertz CT molecular complexity index is 73.5. The average molecular weight is 194 g/mol. The van der Waals surface area contributed by atoms with Crippen LogP contribution in [0, 0.1) is 0 Å². The molecule has 0 aromatic rings. The van der Waals surface area contributed by atoms with Gasteiger partial charge >= 0.3 is 0 Å². The highest BCUT2D eigenvalue weighted by Gasteiger charge is 2.04. The highest BCUT2D eigenvalue weighted by molar-refractivity contribution is 8.93. The third kappa shape index (κ3) is 11.6.